The number of hydrogen-bond acceptors (Lipinski definition) is 1. The van der Waals surface area contributed by atoms with Crippen molar-refractivity contribution in [3.63, 3.8) is 0 Å². The van der Waals surface area contributed by atoms with Crippen LogP contribution in [0.15, 0.2) is 0 Å². The highest BCUT2D eigenvalue weighted by Crippen LogP contribution is 2.52. The molecule has 0 aromatic carbocycles. The van der Waals surface area contributed by atoms with E-state index in [1.807, 2.05) is 0 Å². The van der Waals surface area contributed by atoms with Crippen LogP contribution >= 0.6 is 0 Å². The number of carbonyl (C=O) groups is 1. The quantitative estimate of drug-likeness (QED) is 0.577. The third-order valence-corrected chi connectivity index (χ3v) is 4.87. The molecule has 2 aliphatic rings. The fourth-order valence-corrected chi connectivity index (χ4v) is 3.78. The Hall–Kier alpha value is -0.330. The SMILES string of the molecule is CC1CC(C)C2(C)C(=O)CCCC2C1. The first-order valence-electron chi connectivity index (χ1n) is 6.08. The molecule has 2 aliphatic carbocycles. The molecule has 2 saturated carbocycles. The first-order chi connectivity index (χ1) is 6.55. The average Bonchev–Trinajstić information content (AvgIpc) is 2.11. The van der Waals surface area contributed by atoms with Crippen LogP contribution in [0.2, 0.25) is 0 Å². The number of Topliss-reactive ketones (excluding diaryl/α,β-unsaturated/α-hetero) is 1. The first-order valence-corrected chi connectivity index (χ1v) is 6.08. The lowest BCUT2D eigenvalue weighted by Crippen LogP contribution is -2.48. The Morgan fingerprint density at radius 2 is 2.00 bits per heavy atom. The molecule has 0 amide bonds. The van der Waals surface area contributed by atoms with Gasteiger partial charge in [-0.25, -0.2) is 0 Å². The zero-order chi connectivity index (χ0) is 10.3. The van der Waals surface area contributed by atoms with Gasteiger partial charge in [-0.2, -0.15) is 0 Å². The van der Waals surface area contributed by atoms with Gasteiger partial charge in [-0.05, 0) is 43.4 Å². The van der Waals surface area contributed by atoms with Gasteiger partial charge in [-0.3, -0.25) is 4.79 Å². The Labute approximate surface area is 87.3 Å². The summed E-state index contributed by atoms with van der Waals surface area (Å²) in [5, 5.41) is 0. The average molecular weight is 194 g/mol. The molecule has 0 aliphatic heterocycles. The van der Waals surface area contributed by atoms with Gasteiger partial charge in [0.1, 0.15) is 5.78 Å². The van der Waals surface area contributed by atoms with E-state index in [-0.39, 0.29) is 5.41 Å². The molecule has 80 valence electrons. The molecule has 0 aromatic heterocycles. The van der Waals surface area contributed by atoms with Crippen LogP contribution in [0.1, 0.15) is 52.9 Å². The summed E-state index contributed by atoms with van der Waals surface area (Å²) in [4.78, 5) is 12.1. The Morgan fingerprint density at radius 3 is 2.71 bits per heavy atom. The van der Waals surface area contributed by atoms with Crippen molar-refractivity contribution in [3.05, 3.63) is 0 Å². The van der Waals surface area contributed by atoms with Crippen molar-refractivity contribution in [1.29, 1.82) is 0 Å². The number of carbonyl (C=O) groups excluding carboxylic acids is 1. The maximum Gasteiger partial charge on any atom is 0.139 e. The van der Waals surface area contributed by atoms with Crippen LogP contribution in [0.4, 0.5) is 0 Å². The summed E-state index contributed by atoms with van der Waals surface area (Å²) >= 11 is 0. The van der Waals surface area contributed by atoms with Gasteiger partial charge < -0.3 is 0 Å². The minimum atomic E-state index is 0.0325. The van der Waals surface area contributed by atoms with E-state index in [9.17, 15) is 4.79 Å². The van der Waals surface area contributed by atoms with Crippen molar-refractivity contribution in [2.24, 2.45) is 23.2 Å². The van der Waals surface area contributed by atoms with E-state index in [4.69, 9.17) is 0 Å². The van der Waals surface area contributed by atoms with E-state index < -0.39 is 0 Å². The van der Waals surface area contributed by atoms with E-state index in [1.165, 1.54) is 19.3 Å². The Bertz CT molecular complexity index is 246. The molecule has 0 saturated heterocycles. The first kappa shape index (κ1) is 10.2. The highest BCUT2D eigenvalue weighted by Gasteiger charge is 2.49. The van der Waals surface area contributed by atoms with Crippen molar-refractivity contribution >= 4 is 5.78 Å². The van der Waals surface area contributed by atoms with Crippen LogP contribution in [-0.2, 0) is 4.79 Å². The molecular formula is C13H22O. The van der Waals surface area contributed by atoms with Crippen LogP contribution in [0.5, 0.6) is 0 Å². The lowest BCUT2D eigenvalue weighted by molar-refractivity contribution is -0.142. The lowest BCUT2D eigenvalue weighted by Gasteiger charge is -2.50. The van der Waals surface area contributed by atoms with Crippen molar-refractivity contribution in [2.75, 3.05) is 0 Å². The maximum absolute atomic E-state index is 12.1. The van der Waals surface area contributed by atoms with Crippen LogP contribution in [0.3, 0.4) is 0 Å². The molecule has 4 atom stereocenters. The van der Waals surface area contributed by atoms with Gasteiger partial charge in [0.25, 0.3) is 0 Å². The fraction of sp³-hybridized carbons (Fsp3) is 0.923. The predicted molar refractivity (Wildman–Crippen MR) is 58.0 cm³/mol. The number of ketones is 1. The highest BCUT2D eigenvalue weighted by atomic mass is 16.1. The van der Waals surface area contributed by atoms with E-state index in [0.29, 0.717) is 17.6 Å². The molecule has 0 aromatic rings. The summed E-state index contributed by atoms with van der Waals surface area (Å²) in [7, 11) is 0. The fourth-order valence-electron chi connectivity index (χ4n) is 3.78. The molecule has 14 heavy (non-hydrogen) atoms. The van der Waals surface area contributed by atoms with Crippen LogP contribution in [0.25, 0.3) is 0 Å². The zero-order valence-corrected chi connectivity index (χ0v) is 9.68. The summed E-state index contributed by atoms with van der Waals surface area (Å²) < 4.78 is 0. The van der Waals surface area contributed by atoms with Crippen LogP contribution < -0.4 is 0 Å². The standard InChI is InChI=1S/C13H22O/c1-9-7-10(2)13(3)11(8-9)5-4-6-12(13)14/h9-11H,4-8H2,1-3H3. The van der Waals surface area contributed by atoms with E-state index in [1.54, 1.807) is 0 Å². The Balaban J connectivity index is 2.27. The van der Waals surface area contributed by atoms with Gasteiger partial charge in [0.2, 0.25) is 0 Å². The highest BCUT2D eigenvalue weighted by molar-refractivity contribution is 5.86. The summed E-state index contributed by atoms with van der Waals surface area (Å²) in [6.45, 7) is 6.86. The summed E-state index contributed by atoms with van der Waals surface area (Å²) in [5.74, 6) is 2.66. The van der Waals surface area contributed by atoms with Gasteiger partial charge in [-0.1, -0.05) is 20.8 Å². The topological polar surface area (TPSA) is 17.1 Å². The second kappa shape index (κ2) is 3.36. The molecular weight excluding hydrogens is 172 g/mol. The monoisotopic (exact) mass is 194 g/mol. The van der Waals surface area contributed by atoms with Crippen molar-refractivity contribution in [3.8, 4) is 0 Å². The van der Waals surface area contributed by atoms with Crippen molar-refractivity contribution in [2.45, 2.75) is 52.9 Å². The number of hydrogen-bond donors (Lipinski definition) is 0. The predicted octanol–water partition coefficient (Wildman–Crippen LogP) is 3.43. The molecule has 0 radical (unpaired) electrons. The largest absolute Gasteiger partial charge is 0.299 e. The molecule has 0 bridgehead atoms. The second-order valence-corrected chi connectivity index (χ2v) is 5.77. The second-order valence-electron chi connectivity index (χ2n) is 5.77. The van der Waals surface area contributed by atoms with Gasteiger partial charge in [0.15, 0.2) is 0 Å². The molecule has 4 unspecified atom stereocenters. The van der Waals surface area contributed by atoms with Crippen molar-refractivity contribution < 1.29 is 4.79 Å². The molecule has 1 nitrogen and oxygen atoms in total. The third-order valence-electron chi connectivity index (χ3n) is 4.87. The number of fused-ring (bicyclic) bond motifs is 1. The number of rotatable bonds is 0. The zero-order valence-electron chi connectivity index (χ0n) is 9.68. The van der Waals surface area contributed by atoms with E-state index in [0.717, 1.165) is 18.8 Å². The van der Waals surface area contributed by atoms with Crippen LogP contribution in [0, 0.1) is 23.2 Å². The molecule has 0 heterocycles. The molecule has 0 spiro atoms. The normalized spacial score (nSPS) is 48.8. The Kier molecular flexibility index (Phi) is 2.45. The smallest absolute Gasteiger partial charge is 0.139 e. The molecule has 2 fully saturated rings. The molecule has 1 heteroatoms. The lowest BCUT2D eigenvalue weighted by atomic mass is 9.53. The maximum atomic E-state index is 12.1. The van der Waals surface area contributed by atoms with E-state index in [2.05, 4.69) is 20.8 Å². The van der Waals surface area contributed by atoms with Gasteiger partial charge in [0, 0.05) is 11.8 Å². The molecule has 0 N–H and O–H groups in total. The molecule has 2 rings (SSSR count). The summed E-state index contributed by atoms with van der Waals surface area (Å²) in [6, 6.07) is 0. The minimum absolute atomic E-state index is 0.0325. The van der Waals surface area contributed by atoms with Crippen LogP contribution in [-0.4, -0.2) is 5.78 Å². The van der Waals surface area contributed by atoms with Gasteiger partial charge in [0.05, 0.1) is 0 Å². The van der Waals surface area contributed by atoms with Crippen molar-refractivity contribution in [1.82, 2.24) is 0 Å². The van der Waals surface area contributed by atoms with Gasteiger partial charge >= 0.3 is 0 Å². The minimum Gasteiger partial charge on any atom is -0.299 e. The summed E-state index contributed by atoms with van der Waals surface area (Å²) in [6.07, 6.45) is 5.80. The third kappa shape index (κ3) is 1.32. The van der Waals surface area contributed by atoms with Gasteiger partial charge in [-0.15, -0.1) is 0 Å². The Morgan fingerprint density at radius 1 is 1.29 bits per heavy atom. The van der Waals surface area contributed by atoms with E-state index >= 15 is 0 Å². The summed E-state index contributed by atoms with van der Waals surface area (Å²) in [5.41, 5.74) is 0.0325.